The van der Waals surface area contributed by atoms with Crippen LogP contribution in [0.5, 0.6) is 0 Å². The molecule has 0 spiro atoms. The fourth-order valence-corrected chi connectivity index (χ4v) is 3.96. The van der Waals surface area contributed by atoms with Gasteiger partial charge in [-0.05, 0) is 18.9 Å². The number of aryl methyl sites for hydroxylation is 2. The van der Waals surface area contributed by atoms with E-state index in [9.17, 15) is 0 Å². The Bertz CT molecular complexity index is 745. The predicted molar refractivity (Wildman–Crippen MR) is 85.0 cm³/mol. The molecule has 0 aliphatic rings. The van der Waals surface area contributed by atoms with Crippen LogP contribution in [-0.4, -0.2) is 15.2 Å². The van der Waals surface area contributed by atoms with Crippen LogP contribution >= 0.6 is 22.7 Å². The number of nitrogens with zero attached hydrogens (tertiary/aromatic N) is 3. The molecule has 4 nitrogen and oxygen atoms in total. The zero-order valence-electron chi connectivity index (χ0n) is 11.3. The first-order chi connectivity index (χ1) is 9.69. The van der Waals surface area contributed by atoms with Crippen LogP contribution in [0.15, 0.2) is 24.3 Å². The van der Waals surface area contributed by atoms with Gasteiger partial charge in [-0.15, -0.1) is 21.5 Å². The van der Waals surface area contributed by atoms with Crippen molar-refractivity contribution in [2.24, 2.45) is 0 Å². The number of hydrogen-bond donors (Lipinski definition) is 1. The van der Waals surface area contributed by atoms with Gasteiger partial charge in [-0.1, -0.05) is 42.5 Å². The summed E-state index contributed by atoms with van der Waals surface area (Å²) in [7, 11) is 0. The van der Waals surface area contributed by atoms with Crippen molar-refractivity contribution in [3.05, 3.63) is 35.5 Å². The summed E-state index contributed by atoms with van der Waals surface area (Å²) in [4.78, 5) is 5.85. The van der Waals surface area contributed by atoms with E-state index in [2.05, 4.69) is 36.2 Å². The summed E-state index contributed by atoms with van der Waals surface area (Å²) >= 11 is 3.07. The van der Waals surface area contributed by atoms with Crippen molar-refractivity contribution < 1.29 is 0 Å². The summed E-state index contributed by atoms with van der Waals surface area (Å²) in [5, 5.41) is 10.4. The van der Waals surface area contributed by atoms with Crippen molar-refractivity contribution >= 4 is 27.8 Å². The fraction of sp³-hybridized carbons (Fsp3) is 0.214. The summed E-state index contributed by atoms with van der Waals surface area (Å²) in [6, 6.07) is 8.29. The van der Waals surface area contributed by atoms with Gasteiger partial charge in [-0.25, -0.2) is 4.98 Å². The van der Waals surface area contributed by atoms with Gasteiger partial charge in [0.15, 0.2) is 5.01 Å². The lowest BCUT2D eigenvalue weighted by atomic mass is 10.1. The predicted octanol–water partition coefficient (Wildman–Crippen LogP) is 3.78. The summed E-state index contributed by atoms with van der Waals surface area (Å²) < 4.78 is 0. The Kier molecular flexibility index (Phi) is 3.50. The number of benzene rings is 1. The standard InChI is InChI=1S/C14H14N4S2/c1-3-10-11(13-17-18-14(15)20-13)19-12(16-10)9-7-5-4-6-8(9)2/h4-7H,3H2,1-2H3,(H2,15,18). The largest absolute Gasteiger partial charge is 0.374 e. The summed E-state index contributed by atoms with van der Waals surface area (Å²) in [6.45, 7) is 4.20. The van der Waals surface area contributed by atoms with Gasteiger partial charge in [0.05, 0.1) is 10.6 Å². The fourth-order valence-electron chi connectivity index (χ4n) is 2.01. The van der Waals surface area contributed by atoms with Gasteiger partial charge in [-0.3, -0.25) is 0 Å². The van der Waals surface area contributed by atoms with Crippen LogP contribution in [0.25, 0.3) is 20.5 Å². The first-order valence-electron chi connectivity index (χ1n) is 6.34. The van der Waals surface area contributed by atoms with Gasteiger partial charge in [0.1, 0.15) is 5.01 Å². The smallest absolute Gasteiger partial charge is 0.203 e. The van der Waals surface area contributed by atoms with Crippen molar-refractivity contribution in [2.45, 2.75) is 20.3 Å². The summed E-state index contributed by atoms with van der Waals surface area (Å²) in [6.07, 6.45) is 0.872. The Balaban J connectivity index is 2.12. The van der Waals surface area contributed by atoms with E-state index < -0.39 is 0 Å². The highest BCUT2D eigenvalue weighted by Gasteiger charge is 2.17. The van der Waals surface area contributed by atoms with Crippen LogP contribution in [0.1, 0.15) is 18.2 Å². The number of hydrogen-bond acceptors (Lipinski definition) is 6. The van der Waals surface area contributed by atoms with Crippen LogP contribution in [0.3, 0.4) is 0 Å². The second-order valence-corrected chi connectivity index (χ2v) is 6.42. The van der Waals surface area contributed by atoms with Crippen molar-refractivity contribution in [1.29, 1.82) is 0 Å². The Hall–Kier alpha value is -1.79. The Labute approximate surface area is 125 Å². The van der Waals surface area contributed by atoms with E-state index in [1.54, 1.807) is 11.3 Å². The third-order valence-corrected chi connectivity index (χ3v) is 5.08. The zero-order chi connectivity index (χ0) is 14.1. The minimum atomic E-state index is 0.493. The van der Waals surface area contributed by atoms with Crippen molar-refractivity contribution in [3.63, 3.8) is 0 Å². The maximum absolute atomic E-state index is 5.68. The van der Waals surface area contributed by atoms with Crippen LogP contribution in [0.4, 0.5) is 5.13 Å². The first kappa shape index (κ1) is 13.2. The SMILES string of the molecule is CCc1nc(-c2ccccc2C)sc1-c1nnc(N)s1. The summed E-state index contributed by atoms with van der Waals surface area (Å²) in [5.74, 6) is 0. The molecule has 0 aliphatic carbocycles. The second-order valence-electron chi connectivity index (χ2n) is 4.41. The van der Waals surface area contributed by atoms with E-state index in [-0.39, 0.29) is 0 Å². The average molecular weight is 302 g/mol. The minimum Gasteiger partial charge on any atom is -0.374 e. The van der Waals surface area contributed by atoms with Crippen LogP contribution in [0, 0.1) is 6.92 Å². The van der Waals surface area contributed by atoms with Crippen molar-refractivity contribution in [1.82, 2.24) is 15.2 Å². The molecule has 102 valence electrons. The number of rotatable bonds is 3. The molecule has 6 heteroatoms. The lowest BCUT2D eigenvalue weighted by molar-refractivity contribution is 1.05. The first-order valence-corrected chi connectivity index (χ1v) is 7.97. The van der Waals surface area contributed by atoms with Crippen LogP contribution < -0.4 is 5.73 Å². The molecule has 0 radical (unpaired) electrons. The Morgan fingerprint density at radius 2 is 1.90 bits per heavy atom. The quantitative estimate of drug-likeness (QED) is 0.799. The van der Waals surface area contributed by atoms with Crippen molar-refractivity contribution in [3.8, 4) is 20.5 Å². The van der Waals surface area contributed by atoms with Gasteiger partial charge < -0.3 is 5.73 Å². The summed E-state index contributed by atoms with van der Waals surface area (Å²) in [5.41, 5.74) is 9.14. The lowest BCUT2D eigenvalue weighted by Crippen LogP contribution is -1.85. The molecular formula is C14H14N4S2. The maximum atomic E-state index is 5.68. The Morgan fingerprint density at radius 1 is 1.10 bits per heavy atom. The lowest BCUT2D eigenvalue weighted by Gasteiger charge is -1.99. The third kappa shape index (κ3) is 2.32. The molecule has 0 saturated carbocycles. The van der Waals surface area contributed by atoms with E-state index in [1.165, 1.54) is 22.5 Å². The highest BCUT2D eigenvalue weighted by atomic mass is 32.1. The monoisotopic (exact) mass is 302 g/mol. The zero-order valence-corrected chi connectivity index (χ0v) is 12.9. The van der Waals surface area contributed by atoms with Gasteiger partial charge in [0.2, 0.25) is 5.13 Å². The number of thiazole rings is 1. The van der Waals surface area contributed by atoms with E-state index in [1.807, 2.05) is 12.1 Å². The molecule has 3 rings (SSSR count). The molecule has 0 aliphatic heterocycles. The molecule has 0 amide bonds. The molecule has 2 aromatic heterocycles. The van der Waals surface area contributed by atoms with E-state index in [0.717, 1.165) is 27.0 Å². The third-order valence-electron chi connectivity index (χ3n) is 3.04. The van der Waals surface area contributed by atoms with Gasteiger partial charge in [-0.2, -0.15) is 0 Å². The molecule has 3 aromatic rings. The van der Waals surface area contributed by atoms with Gasteiger partial charge >= 0.3 is 0 Å². The molecule has 0 bridgehead atoms. The van der Waals surface area contributed by atoms with Gasteiger partial charge in [0.25, 0.3) is 0 Å². The van der Waals surface area contributed by atoms with E-state index in [4.69, 9.17) is 10.7 Å². The number of anilines is 1. The van der Waals surface area contributed by atoms with E-state index in [0.29, 0.717) is 5.13 Å². The molecular weight excluding hydrogens is 288 g/mol. The number of nitrogen functional groups attached to an aromatic ring is 1. The molecule has 2 heterocycles. The highest BCUT2D eigenvalue weighted by Crippen LogP contribution is 2.38. The highest BCUT2D eigenvalue weighted by molar-refractivity contribution is 7.24. The van der Waals surface area contributed by atoms with E-state index >= 15 is 0 Å². The molecule has 0 atom stereocenters. The number of aromatic nitrogens is 3. The van der Waals surface area contributed by atoms with Crippen LogP contribution in [0.2, 0.25) is 0 Å². The second kappa shape index (κ2) is 5.30. The van der Waals surface area contributed by atoms with Gasteiger partial charge in [0, 0.05) is 5.56 Å². The minimum absolute atomic E-state index is 0.493. The normalized spacial score (nSPS) is 10.9. The molecule has 2 N–H and O–H groups in total. The number of nitrogens with two attached hydrogens (primary N) is 1. The molecule has 1 aromatic carbocycles. The van der Waals surface area contributed by atoms with Crippen molar-refractivity contribution in [2.75, 3.05) is 5.73 Å². The molecule has 0 unspecified atom stereocenters. The topological polar surface area (TPSA) is 64.7 Å². The molecule has 0 fully saturated rings. The van der Waals surface area contributed by atoms with Crippen LogP contribution in [-0.2, 0) is 6.42 Å². The Morgan fingerprint density at radius 3 is 2.55 bits per heavy atom. The molecule has 0 saturated heterocycles. The average Bonchev–Trinajstić information content (AvgIpc) is 3.05. The maximum Gasteiger partial charge on any atom is 0.203 e. The molecule has 20 heavy (non-hydrogen) atoms.